The fraction of sp³-hybridized carbons (Fsp3) is 0.238. The highest BCUT2D eigenvalue weighted by molar-refractivity contribution is 7.91. The monoisotopic (exact) mass is 431 g/mol. The predicted molar refractivity (Wildman–Crippen MR) is 111 cm³/mol. The van der Waals surface area contributed by atoms with E-state index in [9.17, 15) is 18.0 Å². The summed E-state index contributed by atoms with van der Waals surface area (Å²) in [6.45, 7) is 0.224. The minimum absolute atomic E-state index is 0.0381. The molecule has 0 N–H and O–H groups in total. The third-order valence-corrected chi connectivity index (χ3v) is 6.99. The van der Waals surface area contributed by atoms with E-state index in [0.29, 0.717) is 11.4 Å². The van der Waals surface area contributed by atoms with Crippen molar-refractivity contribution >= 4 is 38.3 Å². The van der Waals surface area contributed by atoms with Crippen LogP contribution in [0.4, 0.5) is 0 Å². The summed E-state index contributed by atoms with van der Waals surface area (Å²) in [7, 11) is -3.20. The maximum absolute atomic E-state index is 13.3. The number of hydrogen-bond donors (Lipinski definition) is 0. The van der Waals surface area contributed by atoms with Crippen molar-refractivity contribution in [3.8, 4) is 0 Å². The zero-order chi connectivity index (χ0) is 20.6. The molecule has 4 rings (SSSR count). The first-order valence-corrected chi connectivity index (χ1v) is 11.3. The van der Waals surface area contributed by atoms with E-state index in [-0.39, 0.29) is 40.2 Å². The zero-order valence-corrected chi connectivity index (χ0v) is 16.9. The van der Waals surface area contributed by atoms with E-state index < -0.39 is 21.8 Å². The number of fused-ring (bicyclic) bond motifs is 1. The molecule has 1 saturated heterocycles. The minimum atomic E-state index is -3.20. The van der Waals surface area contributed by atoms with Crippen LogP contribution in [0.1, 0.15) is 22.5 Å². The molecular weight excluding hydrogens is 414 g/mol. The molecule has 0 radical (unpaired) electrons. The molecule has 1 aliphatic rings. The Labute approximate surface area is 172 Å². The van der Waals surface area contributed by atoms with Gasteiger partial charge >= 0.3 is 0 Å². The molecule has 1 atom stereocenters. The molecule has 1 amide bonds. The lowest BCUT2D eigenvalue weighted by Gasteiger charge is -2.28. The molecule has 8 heteroatoms. The molecule has 1 aliphatic heterocycles. The van der Waals surface area contributed by atoms with Gasteiger partial charge in [-0.3, -0.25) is 9.59 Å². The normalized spacial score (nSPS) is 18.0. The number of benzene rings is 2. The van der Waals surface area contributed by atoms with Gasteiger partial charge < -0.3 is 9.32 Å². The second kappa shape index (κ2) is 7.65. The van der Waals surface area contributed by atoms with Crippen LogP contribution in [-0.2, 0) is 16.4 Å². The first kappa shape index (κ1) is 19.7. The lowest BCUT2D eigenvalue weighted by molar-refractivity contribution is 0.0648. The summed E-state index contributed by atoms with van der Waals surface area (Å²) >= 11 is 5.93. The van der Waals surface area contributed by atoms with E-state index >= 15 is 0 Å². The van der Waals surface area contributed by atoms with E-state index in [1.54, 1.807) is 6.07 Å². The van der Waals surface area contributed by atoms with Crippen LogP contribution in [0.5, 0.6) is 0 Å². The molecule has 1 aromatic heterocycles. The van der Waals surface area contributed by atoms with Crippen molar-refractivity contribution < 1.29 is 17.6 Å². The van der Waals surface area contributed by atoms with Crippen LogP contribution in [0.3, 0.4) is 0 Å². The van der Waals surface area contributed by atoms with Gasteiger partial charge in [0.1, 0.15) is 5.58 Å². The van der Waals surface area contributed by atoms with Crippen LogP contribution in [0, 0.1) is 0 Å². The van der Waals surface area contributed by atoms with E-state index in [1.807, 2.05) is 30.3 Å². The van der Waals surface area contributed by atoms with Gasteiger partial charge in [-0.05, 0) is 30.2 Å². The molecule has 0 saturated carbocycles. The first-order valence-electron chi connectivity index (χ1n) is 9.11. The Kier molecular flexibility index (Phi) is 5.19. The van der Waals surface area contributed by atoms with Crippen molar-refractivity contribution in [1.82, 2.24) is 4.90 Å². The molecule has 2 heterocycles. The lowest BCUT2D eigenvalue weighted by Crippen LogP contribution is -2.40. The van der Waals surface area contributed by atoms with E-state index in [0.717, 1.165) is 11.6 Å². The molecule has 150 valence electrons. The number of carbonyl (C=O) groups excluding carboxylic acids is 1. The number of halogens is 1. The summed E-state index contributed by atoms with van der Waals surface area (Å²) in [5.74, 6) is -0.690. The predicted octanol–water partition coefficient (Wildman–Crippen LogP) is 3.28. The highest BCUT2D eigenvalue weighted by Gasteiger charge is 2.36. The minimum Gasteiger partial charge on any atom is -0.451 e. The summed E-state index contributed by atoms with van der Waals surface area (Å²) in [5.41, 5.74) is 0.736. The number of hydrogen-bond acceptors (Lipinski definition) is 5. The van der Waals surface area contributed by atoms with E-state index in [4.69, 9.17) is 16.0 Å². The quantitative estimate of drug-likeness (QED) is 0.633. The van der Waals surface area contributed by atoms with Crippen molar-refractivity contribution in [2.75, 3.05) is 11.5 Å². The average molecular weight is 432 g/mol. The van der Waals surface area contributed by atoms with Crippen LogP contribution in [-0.4, -0.2) is 36.8 Å². The van der Waals surface area contributed by atoms with Crippen molar-refractivity contribution in [1.29, 1.82) is 0 Å². The first-order chi connectivity index (χ1) is 13.8. The Morgan fingerprint density at radius 3 is 2.59 bits per heavy atom. The fourth-order valence-electron chi connectivity index (χ4n) is 3.54. The second-order valence-electron chi connectivity index (χ2n) is 7.09. The number of carbonyl (C=O) groups is 1. The van der Waals surface area contributed by atoms with Crippen LogP contribution in [0.15, 0.2) is 63.8 Å². The van der Waals surface area contributed by atoms with Gasteiger partial charge in [0, 0.05) is 23.7 Å². The summed E-state index contributed by atoms with van der Waals surface area (Å²) in [4.78, 5) is 27.2. The van der Waals surface area contributed by atoms with Crippen molar-refractivity contribution in [2.45, 2.75) is 19.0 Å². The highest BCUT2D eigenvalue weighted by Crippen LogP contribution is 2.24. The van der Waals surface area contributed by atoms with Gasteiger partial charge in [-0.15, -0.1) is 0 Å². The third-order valence-electron chi connectivity index (χ3n) is 5.01. The Hall–Kier alpha value is -2.64. The molecule has 2 aromatic carbocycles. The number of nitrogens with zero attached hydrogens (tertiary/aromatic N) is 1. The maximum atomic E-state index is 13.3. The summed E-state index contributed by atoms with van der Waals surface area (Å²) in [6.07, 6.45) is 0.355. The average Bonchev–Trinajstić information content (AvgIpc) is 3.06. The van der Waals surface area contributed by atoms with Gasteiger partial charge in [0.05, 0.1) is 16.9 Å². The molecule has 29 heavy (non-hydrogen) atoms. The van der Waals surface area contributed by atoms with Crippen LogP contribution in [0.2, 0.25) is 5.02 Å². The van der Waals surface area contributed by atoms with Gasteiger partial charge in [-0.2, -0.15) is 0 Å². The summed E-state index contributed by atoms with van der Waals surface area (Å²) in [6, 6.07) is 14.6. The number of amides is 1. The lowest BCUT2D eigenvalue weighted by atomic mass is 10.1. The van der Waals surface area contributed by atoms with Gasteiger partial charge in [0.25, 0.3) is 5.91 Å². The Balaban J connectivity index is 1.74. The smallest absolute Gasteiger partial charge is 0.290 e. The second-order valence-corrected chi connectivity index (χ2v) is 9.76. The Bertz CT molecular complexity index is 1240. The molecule has 6 nitrogen and oxygen atoms in total. The molecule has 1 fully saturated rings. The third kappa shape index (κ3) is 4.21. The van der Waals surface area contributed by atoms with Gasteiger partial charge in [0.2, 0.25) is 0 Å². The van der Waals surface area contributed by atoms with Gasteiger partial charge in [-0.1, -0.05) is 41.9 Å². The molecule has 0 unspecified atom stereocenters. The standard InChI is InChI=1S/C21H18ClNO5S/c22-15-6-7-19-17(10-15)18(24)11-20(28-19)21(25)23(12-14-4-2-1-3-5-14)16-8-9-29(26,27)13-16/h1-7,10-11,16H,8-9,12-13H2/t16-/m1/s1. The van der Waals surface area contributed by atoms with Crippen molar-refractivity contribution in [3.63, 3.8) is 0 Å². The summed E-state index contributed by atoms with van der Waals surface area (Å²) in [5, 5.41) is 0.679. The summed E-state index contributed by atoms with van der Waals surface area (Å²) < 4.78 is 29.7. The van der Waals surface area contributed by atoms with Crippen LogP contribution in [0.25, 0.3) is 11.0 Å². The molecular formula is C21H18ClNO5S. The Morgan fingerprint density at radius 2 is 1.90 bits per heavy atom. The largest absolute Gasteiger partial charge is 0.451 e. The zero-order valence-electron chi connectivity index (χ0n) is 15.4. The van der Waals surface area contributed by atoms with Crippen molar-refractivity contribution in [3.05, 3.63) is 81.2 Å². The topological polar surface area (TPSA) is 84.7 Å². The maximum Gasteiger partial charge on any atom is 0.290 e. The van der Waals surface area contributed by atoms with E-state index in [1.165, 1.54) is 17.0 Å². The van der Waals surface area contributed by atoms with Gasteiger partial charge in [0.15, 0.2) is 21.0 Å². The SMILES string of the molecule is O=C(c1cc(=O)c2cc(Cl)ccc2o1)N(Cc1ccccc1)[C@@H]1CCS(=O)(=O)C1. The number of sulfone groups is 1. The molecule has 0 bridgehead atoms. The van der Waals surface area contributed by atoms with Gasteiger partial charge in [-0.25, -0.2) is 8.42 Å². The molecule has 3 aromatic rings. The van der Waals surface area contributed by atoms with E-state index in [2.05, 4.69) is 0 Å². The Morgan fingerprint density at radius 1 is 1.14 bits per heavy atom. The molecule has 0 aliphatic carbocycles. The highest BCUT2D eigenvalue weighted by atomic mass is 35.5. The van der Waals surface area contributed by atoms with Crippen LogP contribution < -0.4 is 5.43 Å². The van der Waals surface area contributed by atoms with Crippen molar-refractivity contribution in [2.24, 2.45) is 0 Å². The number of rotatable bonds is 4. The van der Waals surface area contributed by atoms with Crippen LogP contribution >= 0.6 is 11.6 Å². The molecule has 0 spiro atoms. The fourth-order valence-corrected chi connectivity index (χ4v) is 5.45.